The Kier molecular flexibility index (Phi) is 4.24. The monoisotopic (exact) mass is 211 g/mol. The molecule has 0 aliphatic carbocycles. The maximum atomic E-state index is 13.1. The first-order valence-electron chi connectivity index (χ1n) is 4.77. The van der Waals surface area contributed by atoms with Crippen molar-refractivity contribution in [2.45, 2.75) is 19.4 Å². The molecule has 15 heavy (non-hydrogen) atoms. The quantitative estimate of drug-likeness (QED) is 0.776. The van der Waals surface area contributed by atoms with Crippen LogP contribution < -0.4 is 5.32 Å². The van der Waals surface area contributed by atoms with Gasteiger partial charge >= 0.3 is 0 Å². The van der Waals surface area contributed by atoms with Crippen molar-refractivity contribution >= 4 is 5.91 Å². The smallest absolute Gasteiger partial charge is 0.224 e. The maximum Gasteiger partial charge on any atom is 0.224 e. The molecule has 1 aromatic rings. The Bertz CT molecular complexity index is 339. The summed E-state index contributed by atoms with van der Waals surface area (Å²) in [5, 5.41) is 11.4. The summed E-state index contributed by atoms with van der Waals surface area (Å²) in [6, 6.07) is 6.14. The number of rotatable bonds is 4. The number of amides is 1. The van der Waals surface area contributed by atoms with Gasteiger partial charge in [0.05, 0.1) is 12.5 Å². The zero-order valence-electron chi connectivity index (χ0n) is 8.53. The molecule has 0 bridgehead atoms. The van der Waals surface area contributed by atoms with E-state index in [2.05, 4.69) is 5.32 Å². The van der Waals surface area contributed by atoms with Crippen LogP contribution in [0.15, 0.2) is 24.3 Å². The molecule has 0 aromatic heterocycles. The third-order valence-corrected chi connectivity index (χ3v) is 1.90. The third-order valence-electron chi connectivity index (χ3n) is 1.90. The summed E-state index contributed by atoms with van der Waals surface area (Å²) < 4.78 is 13.1. The zero-order valence-corrected chi connectivity index (χ0v) is 8.53. The molecule has 0 aliphatic heterocycles. The van der Waals surface area contributed by atoms with E-state index < -0.39 is 6.10 Å². The molecule has 0 radical (unpaired) electrons. The van der Waals surface area contributed by atoms with Gasteiger partial charge in [-0.2, -0.15) is 0 Å². The number of benzene rings is 1. The minimum atomic E-state index is -0.588. The SMILES string of the molecule is CC(O)CNC(=O)Cc1ccccc1F. The van der Waals surface area contributed by atoms with Crippen LogP contribution in [-0.4, -0.2) is 23.7 Å². The minimum absolute atomic E-state index is 0.000602. The predicted molar refractivity (Wildman–Crippen MR) is 54.8 cm³/mol. The average molecular weight is 211 g/mol. The van der Waals surface area contributed by atoms with E-state index in [4.69, 9.17) is 5.11 Å². The number of carbonyl (C=O) groups is 1. The van der Waals surface area contributed by atoms with Crippen molar-refractivity contribution in [2.75, 3.05) is 6.54 Å². The zero-order chi connectivity index (χ0) is 11.3. The van der Waals surface area contributed by atoms with Crippen LogP contribution in [0.5, 0.6) is 0 Å². The number of halogens is 1. The Labute approximate surface area is 87.9 Å². The Morgan fingerprint density at radius 1 is 1.53 bits per heavy atom. The number of hydrogen-bond donors (Lipinski definition) is 2. The molecule has 0 saturated carbocycles. The van der Waals surface area contributed by atoms with E-state index in [0.29, 0.717) is 5.56 Å². The van der Waals surface area contributed by atoms with Gasteiger partial charge in [-0.3, -0.25) is 4.79 Å². The molecule has 1 unspecified atom stereocenters. The molecule has 2 N–H and O–H groups in total. The highest BCUT2D eigenvalue weighted by atomic mass is 19.1. The highest BCUT2D eigenvalue weighted by molar-refractivity contribution is 5.78. The molecule has 82 valence electrons. The first-order valence-corrected chi connectivity index (χ1v) is 4.77. The normalized spacial score (nSPS) is 12.2. The van der Waals surface area contributed by atoms with E-state index in [9.17, 15) is 9.18 Å². The molecule has 0 aliphatic rings. The first-order chi connectivity index (χ1) is 7.09. The van der Waals surface area contributed by atoms with Gasteiger partial charge in [-0.15, -0.1) is 0 Å². The van der Waals surface area contributed by atoms with Gasteiger partial charge < -0.3 is 10.4 Å². The Hall–Kier alpha value is -1.42. The number of aliphatic hydroxyl groups excluding tert-OH is 1. The summed E-state index contributed by atoms with van der Waals surface area (Å²) in [5.74, 6) is -0.675. The lowest BCUT2D eigenvalue weighted by molar-refractivity contribution is -0.120. The lowest BCUT2D eigenvalue weighted by Gasteiger charge is -2.07. The molecule has 0 fully saturated rings. The lowest BCUT2D eigenvalue weighted by atomic mass is 10.1. The molecule has 1 rings (SSSR count). The van der Waals surface area contributed by atoms with E-state index in [0.717, 1.165) is 0 Å². The molecule has 4 heteroatoms. The van der Waals surface area contributed by atoms with Crippen LogP contribution in [0.4, 0.5) is 4.39 Å². The summed E-state index contributed by atoms with van der Waals surface area (Å²) in [6.45, 7) is 1.76. The van der Waals surface area contributed by atoms with Crippen LogP contribution >= 0.6 is 0 Å². The first kappa shape index (κ1) is 11.7. The van der Waals surface area contributed by atoms with Crippen molar-refractivity contribution in [3.8, 4) is 0 Å². The highest BCUT2D eigenvalue weighted by Crippen LogP contribution is 2.06. The van der Waals surface area contributed by atoms with Gasteiger partial charge in [0.1, 0.15) is 5.82 Å². The fourth-order valence-electron chi connectivity index (χ4n) is 1.14. The topological polar surface area (TPSA) is 49.3 Å². The largest absolute Gasteiger partial charge is 0.392 e. The minimum Gasteiger partial charge on any atom is -0.392 e. The molecular formula is C11H14FNO2. The molecule has 3 nitrogen and oxygen atoms in total. The maximum absolute atomic E-state index is 13.1. The summed E-state index contributed by atoms with van der Waals surface area (Å²) in [6.07, 6.45) is -0.589. The van der Waals surface area contributed by atoms with E-state index in [1.807, 2.05) is 0 Å². The second-order valence-corrected chi connectivity index (χ2v) is 3.42. The lowest BCUT2D eigenvalue weighted by Crippen LogP contribution is -2.31. The van der Waals surface area contributed by atoms with Crippen LogP contribution in [0.3, 0.4) is 0 Å². The Morgan fingerprint density at radius 3 is 2.80 bits per heavy atom. The molecule has 0 spiro atoms. The molecular weight excluding hydrogens is 197 g/mol. The van der Waals surface area contributed by atoms with Gasteiger partial charge in [0.2, 0.25) is 5.91 Å². The van der Waals surface area contributed by atoms with Gasteiger partial charge in [-0.1, -0.05) is 18.2 Å². The summed E-state index contributed by atoms with van der Waals surface area (Å²) in [7, 11) is 0. The van der Waals surface area contributed by atoms with Crippen molar-refractivity contribution in [3.05, 3.63) is 35.6 Å². The molecule has 1 atom stereocenters. The van der Waals surface area contributed by atoms with Crippen LogP contribution in [0.2, 0.25) is 0 Å². The number of carbonyl (C=O) groups excluding carboxylic acids is 1. The Balaban J connectivity index is 2.48. The van der Waals surface area contributed by atoms with E-state index in [1.54, 1.807) is 25.1 Å². The third kappa shape index (κ3) is 4.08. The van der Waals surface area contributed by atoms with Gasteiger partial charge in [0.15, 0.2) is 0 Å². The summed E-state index contributed by atoms with van der Waals surface area (Å²) in [4.78, 5) is 11.3. The van der Waals surface area contributed by atoms with E-state index in [1.165, 1.54) is 6.07 Å². The number of nitrogens with one attached hydrogen (secondary N) is 1. The van der Waals surface area contributed by atoms with Crippen LogP contribution in [0.1, 0.15) is 12.5 Å². The Morgan fingerprint density at radius 2 is 2.20 bits per heavy atom. The van der Waals surface area contributed by atoms with Crippen molar-refractivity contribution < 1.29 is 14.3 Å². The van der Waals surface area contributed by atoms with E-state index in [-0.39, 0.29) is 24.7 Å². The highest BCUT2D eigenvalue weighted by Gasteiger charge is 2.07. The molecule has 1 aromatic carbocycles. The summed E-state index contributed by atoms with van der Waals surface area (Å²) in [5.41, 5.74) is 0.362. The van der Waals surface area contributed by atoms with Gasteiger partial charge in [0, 0.05) is 6.54 Å². The molecule has 0 heterocycles. The van der Waals surface area contributed by atoms with Crippen molar-refractivity contribution in [1.82, 2.24) is 5.32 Å². The standard InChI is InChI=1S/C11H14FNO2/c1-8(14)7-13-11(15)6-9-4-2-3-5-10(9)12/h2-5,8,14H,6-7H2,1H3,(H,13,15). The second kappa shape index (κ2) is 5.46. The van der Waals surface area contributed by atoms with Crippen LogP contribution in [0.25, 0.3) is 0 Å². The van der Waals surface area contributed by atoms with Gasteiger partial charge in [0.25, 0.3) is 0 Å². The van der Waals surface area contributed by atoms with Crippen molar-refractivity contribution in [2.24, 2.45) is 0 Å². The molecule has 1 amide bonds. The van der Waals surface area contributed by atoms with Crippen LogP contribution in [-0.2, 0) is 11.2 Å². The second-order valence-electron chi connectivity index (χ2n) is 3.42. The van der Waals surface area contributed by atoms with Gasteiger partial charge in [-0.25, -0.2) is 4.39 Å². The average Bonchev–Trinajstić information content (AvgIpc) is 2.18. The predicted octanol–water partition coefficient (Wildman–Crippen LogP) is 0.865. The van der Waals surface area contributed by atoms with Crippen molar-refractivity contribution in [3.63, 3.8) is 0 Å². The van der Waals surface area contributed by atoms with Gasteiger partial charge in [-0.05, 0) is 18.6 Å². The fourth-order valence-corrected chi connectivity index (χ4v) is 1.14. The molecule has 0 saturated heterocycles. The summed E-state index contributed by atoms with van der Waals surface area (Å²) >= 11 is 0. The van der Waals surface area contributed by atoms with Crippen molar-refractivity contribution in [1.29, 1.82) is 0 Å². The van der Waals surface area contributed by atoms with E-state index >= 15 is 0 Å². The number of aliphatic hydroxyl groups is 1. The van der Waals surface area contributed by atoms with Crippen LogP contribution in [0, 0.1) is 5.82 Å². The number of hydrogen-bond acceptors (Lipinski definition) is 2. The fraction of sp³-hybridized carbons (Fsp3) is 0.364.